The normalized spacial score (nSPS) is 11.3. The number of benzene rings is 2. The highest BCUT2D eigenvalue weighted by atomic mass is 35.5. The van der Waals surface area contributed by atoms with Crippen molar-refractivity contribution in [2.75, 3.05) is 14.2 Å². The minimum absolute atomic E-state index is 0.108. The van der Waals surface area contributed by atoms with Gasteiger partial charge in [-0.1, -0.05) is 23.7 Å². The molecule has 0 fully saturated rings. The quantitative estimate of drug-likeness (QED) is 0.559. The fourth-order valence-corrected chi connectivity index (χ4v) is 3.48. The number of para-hydroxylation sites is 1. The molecule has 0 radical (unpaired) electrons. The molecule has 7 nitrogen and oxygen atoms in total. The predicted molar refractivity (Wildman–Crippen MR) is 122 cm³/mol. The van der Waals surface area contributed by atoms with Crippen LogP contribution in [0, 0.1) is 0 Å². The second-order valence-corrected chi connectivity index (χ2v) is 7.57. The number of nitrogens with one attached hydrogen (secondary N) is 1. The van der Waals surface area contributed by atoms with Crippen LogP contribution in [0.25, 0.3) is 17.0 Å². The van der Waals surface area contributed by atoms with Crippen LogP contribution in [0.5, 0.6) is 11.5 Å². The lowest BCUT2D eigenvalue weighted by molar-refractivity contribution is -0.128. The van der Waals surface area contributed by atoms with Crippen molar-refractivity contribution < 1.29 is 14.3 Å². The van der Waals surface area contributed by atoms with Crippen LogP contribution in [0.3, 0.4) is 0 Å². The lowest BCUT2D eigenvalue weighted by atomic mass is 10.1. The second kappa shape index (κ2) is 9.66. The maximum absolute atomic E-state index is 12.9. The number of carbonyl (C=O) groups excluding carboxylic acids is 1. The van der Waals surface area contributed by atoms with E-state index in [0.717, 1.165) is 0 Å². The van der Waals surface area contributed by atoms with Crippen molar-refractivity contribution in [3.8, 4) is 11.5 Å². The van der Waals surface area contributed by atoms with Gasteiger partial charge in [0.05, 0.1) is 36.7 Å². The van der Waals surface area contributed by atoms with E-state index in [-0.39, 0.29) is 24.1 Å². The topological polar surface area (TPSA) is 84.5 Å². The van der Waals surface area contributed by atoms with Crippen molar-refractivity contribution in [1.29, 1.82) is 0 Å². The van der Waals surface area contributed by atoms with E-state index in [0.29, 0.717) is 38.8 Å². The molecule has 0 aliphatic carbocycles. The smallest absolute Gasteiger partial charge is 0.258 e. The van der Waals surface area contributed by atoms with Crippen molar-refractivity contribution in [2.45, 2.75) is 26.4 Å². The minimum Gasteiger partial charge on any atom is -0.493 e. The fraction of sp³-hybridized carbons (Fsp3) is 0.261. The molecule has 0 aliphatic rings. The number of H-pyrrole nitrogens is 1. The summed E-state index contributed by atoms with van der Waals surface area (Å²) in [6.45, 7) is 3.98. The zero-order valence-electron chi connectivity index (χ0n) is 17.8. The molecule has 3 rings (SSSR count). The zero-order chi connectivity index (χ0) is 22.5. The van der Waals surface area contributed by atoms with E-state index in [9.17, 15) is 9.59 Å². The van der Waals surface area contributed by atoms with Crippen molar-refractivity contribution in [3.05, 3.63) is 69.2 Å². The Morgan fingerprint density at radius 3 is 2.65 bits per heavy atom. The fourth-order valence-electron chi connectivity index (χ4n) is 3.18. The number of fused-ring (bicyclic) bond motifs is 1. The van der Waals surface area contributed by atoms with Gasteiger partial charge in [-0.3, -0.25) is 9.59 Å². The van der Waals surface area contributed by atoms with Gasteiger partial charge in [0.1, 0.15) is 5.82 Å². The van der Waals surface area contributed by atoms with Crippen LogP contribution in [-0.2, 0) is 11.3 Å². The van der Waals surface area contributed by atoms with Crippen molar-refractivity contribution in [3.63, 3.8) is 0 Å². The Morgan fingerprint density at radius 1 is 1.23 bits per heavy atom. The number of aromatic nitrogens is 2. The summed E-state index contributed by atoms with van der Waals surface area (Å²) in [7, 11) is 3.03. The Morgan fingerprint density at radius 2 is 1.97 bits per heavy atom. The van der Waals surface area contributed by atoms with E-state index in [4.69, 9.17) is 21.1 Å². The maximum atomic E-state index is 12.9. The van der Waals surface area contributed by atoms with Crippen LogP contribution in [0.1, 0.15) is 25.2 Å². The summed E-state index contributed by atoms with van der Waals surface area (Å²) in [5.74, 6) is 1.11. The van der Waals surface area contributed by atoms with Gasteiger partial charge in [0.25, 0.3) is 5.56 Å². The van der Waals surface area contributed by atoms with Crippen LogP contribution in [0.2, 0.25) is 5.02 Å². The van der Waals surface area contributed by atoms with Crippen LogP contribution in [0.15, 0.2) is 47.3 Å². The van der Waals surface area contributed by atoms with E-state index in [1.165, 1.54) is 20.3 Å². The van der Waals surface area contributed by atoms with Crippen LogP contribution >= 0.6 is 11.6 Å². The maximum Gasteiger partial charge on any atom is 0.258 e. The van der Waals surface area contributed by atoms with Crippen molar-refractivity contribution in [1.82, 2.24) is 14.9 Å². The molecule has 0 saturated heterocycles. The molecule has 1 aromatic heterocycles. The van der Waals surface area contributed by atoms with Gasteiger partial charge in [0, 0.05) is 12.1 Å². The Bertz CT molecular complexity index is 1190. The summed E-state index contributed by atoms with van der Waals surface area (Å²) in [6, 6.07) is 10.4. The van der Waals surface area contributed by atoms with Crippen molar-refractivity contribution in [2.24, 2.45) is 0 Å². The van der Waals surface area contributed by atoms with E-state index in [1.54, 1.807) is 41.3 Å². The summed E-state index contributed by atoms with van der Waals surface area (Å²) < 4.78 is 10.5. The molecule has 1 amide bonds. The van der Waals surface area contributed by atoms with Gasteiger partial charge in [-0.2, -0.15) is 0 Å². The first kappa shape index (κ1) is 22.4. The molecule has 31 heavy (non-hydrogen) atoms. The molecular weight excluding hydrogens is 418 g/mol. The lowest BCUT2D eigenvalue weighted by Gasteiger charge is -2.25. The number of aromatic amines is 1. The third kappa shape index (κ3) is 5.06. The van der Waals surface area contributed by atoms with Gasteiger partial charge < -0.3 is 19.4 Å². The van der Waals surface area contributed by atoms with Gasteiger partial charge in [-0.25, -0.2) is 4.98 Å². The Labute approximate surface area is 185 Å². The molecule has 0 spiro atoms. The molecular formula is C23H24ClN3O4. The first-order valence-corrected chi connectivity index (χ1v) is 10.1. The van der Waals surface area contributed by atoms with Gasteiger partial charge in [0.2, 0.25) is 5.91 Å². The molecule has 0 atom stereocenters. The number of rotatable bonds is 7. The largest absolute Gasteiger partial charge is 0.493 e. The molecule has 0 unspecified atom stereocenters. The average molecular weight is 442 g/mol. The van der Waals surface area contributed by atoms with E-state index < -0.39 is 0 Å². The number of nitrogens with zero attached hydrogens (tertiary/aromatic N) is 2. The number of hydrogen-bond acceptors (Lipinski definition) is 5. The molecule has 2 aromatic carbocycles. The van der Waals surface area contributed by atoms with Gasteiger partial charge in [-0.05, 0) is 49.8 Å². The molecule has 3 aromatic rings. The van der Waals surface area contributed by atoms with E-state index in [1.807, 2.05) is 19.9 Å². The molecule has 1 N–H and O–H groups in total. The average Bonchev–Trinajstić information content (AvgIpc) is 2.75. The highest BCUT2D eigenvalue weighted by Crippen LogP contribution is 2.36. The molecule has 0 bridgehead atoms. The number of carbonyl (C=O) groups is 1. The molecule has 8 heteroatoms. The first-order valence-electron chi connectivity index (χ1n) is 9.72. The molecule has 162 valence electrons. The number of methoxy groups -OCH3 is 2. The third-order valence-corrected chi connectivity index (χ3v) is 5.04. The summed E-state index contributed by atoms with van der Waals surface area (Å²) in [5.41, 5.74) is 1.05. The summed E-state index contributed by atoms with van der Waals surface area (Å²) in [5, 5.41) is 0.895. The number of hydrogen-bond donors (Lipinski definition) is 1. The molecule has 0 saturated carbocycles. The number of ether oxygens (including phenoxy) is 2. The van der Waals surface area contributed by atoms with Crippen LogP contribution < -0.4 is 15.0 Å². The Kier molecular flexibility index (Phi) is 6.97. The Hall–Kier alpha value is -3.32. The molecule has 0 aliphatic heterocycles. The standard InChI is InChI=1S/C23H24ClN3O4/c1-14(2)27(13-20-25-18-8-6-5-7-16(18)23(29)26-20)21(28)10-9-15-11-17(24)22(31-4)19(12-15)30-3/h5-12,14H,13H2,1-4H3,(H,25,26,29). The zero-order valence-corrected chi connectivity index (χ0v) is 18.6. The van der Waals surface area contributed by atoms with Crippen molar-refractivity contribution >= 4 is 34.5 Å². The van der Waals surface area contributed by atoms with Gasteiger partial charge >= 0.3 is 0 Å². The van der Waals surface area contributed by atoms with E-state index in [2.05, 4.69) is 9.97 Å². The third-order valence-electron chi connectivity index (χ3n) is 4.76. The molecule has 1 heterocycles. The summed E-state index contributed by atoms with van der Waals surface area (Å²) >= 11 is 6.24. The minimum atomic E-state index is -0.229. The van der Waals surface area contributed by atoms with Gasteiger partial charge in [0.15, 0.2) is 11.5 Å². The van der Waals surface area contributed by atoms with E-state index >= 15 is 0 Å². The first-order chi connectivity index (χ1) is 14.8. The summed E-state index contributed by atoms with van der Waals surface area (Å²) in [4.78, 5) is 34.1. The predicted octanol–water partition coefficient (Wildman–Crippen LogP) is 4.04. The Balaban J connectivity index is 1.85. The number of halogens is 1. The highest BCUT2D eigenvalue weighted by molar-refractivity contribution is 6.32. The van der Waals surface area contributed by atoms with Crippen LogP contribution in [-0.4, -0.2) is 41.0 Å². The monoisotopic (exact) mass is 441 g/mol. The SMILES string of the molecule is COc1cc(C=CC(=O)N(Cc2nc3ccccc3c(=O)[nH]2)C(C)C)cc(Cl)c1OC. The van der Waals surface area contributed by atoms with Gasteiger partial charge in [-0.15, -0.1) is 0 Å². The lowest BCUT2D eigenvalue weighted by Crippen LogP contribution is -2.36. The highest BCUT2D eigenvalue weighted by Gasteiger charge is 2.17. The summed E-state index contributed by atoms with van der Waals surface area (Å²) in [6.07, 6.45) is 3.11. The second-order valence-electron chi connectivity index (χ2n) is 7.16. The number of amides is 1. The van der Waals surface area contributed by atoms with Crippen LogP contribution in [0.4, 0.5) is 0 Å².